The number of hydrogen-bond donors (Lipinski definition) is 0. The Kier molecular flexibility index (Phi) is 5.78. The number of aryl methyl sites for hydroxylation is 1. The van der Waals surface area contributed by atoms with Gasteiger partial charge in [0.05, 0.1) is 35.8 Å². The number of carbonyl (C=O) groups excluding carboxylic acids is 1. The lowest BCUT2D eigenvalue weighted by molar-refractivity contribution is -0.117. The van der Waals surface area contributed by atoms with Crippen LogP contribution in [0.15, 0.2) is 65.9 Å². The molecule has 2 aromatic carbocycles. The molecule has 0 aliphatic carbocycles. The molecule has 0 fully saturated rings. The van der Waals surface area contributed by atoms with E-state index in [1.54, 1.807) is 0 Å². The highest BCUT2D eigenvalue weighted by atomic mass is 16.5. The quantitative estimate of drug-likeness (QED) is 0.642. The highest BCUT2D eigenvalue weighted by molar-refractivity contribution is 6.08. The third-order valence-corrected chi connectivity index (χ3v) is 6.38. The number of hydrogen-bond acceptors (Lipinski definition) is 4. The first-order chi connectivity index (χ1) is 15.1. The second-order valence-electron chi connectivity index (χ2n) is 8.20. The van der Waals surface area contributed by atoms with Gasteiger partial charge in [0.15, 0.2) is 0 Å². The molecule has 5 heteroatoms. The van der Waals surface area contributed by atoms with E-state index in [4.69, 9.17) is 4.74 Å². The zero-order valence-electron chi connectivity index (χ0n) is 17.7. The molecule has 0 spiro atoms. The predicted octanol–water partition coefficient (Wildman–Crippen LogP) is 5.35. The summed E-state index contributed by atoms with van der Waals surface area (Å²) in [6, 6.07) is 22.1. The van der Waals surface area contributed by atoms with Crippen LogP contribution < -0.4 is 4.90 Å². The van der Waals surface area contributed by atoms with E-state index in [1.807, 2.05) is 54.3 Å². The van der Waals surface area contributed by atoms with Crippen LogP contribution >= 0.6 is 0 Å². The number of nitrogens with zero attached hydrogens (tertiary/aromatic N) is 3. The van der Waals surface area contributed by atoms with Gasteiger partial charge in [0.25, 0.3) is 5.91 Å². The Bertz CT molecular complexity index is 1060. The number of ether oxygens (including phenoxy) is 1. The van der Waals surface area contributed by atoms with Crippen LogP contribution in [0, 0.1) is 35.0 Å². The van der Waals surface area contributed by atoms with Gasteiger partial charge in [-0.1, -0.05) is 48.0 Å². The molecule has 2 aromatic rings. The number of para-hydroxylation sites is 1. The van der Waals surface area contributed by atoms with E-state index < -0.39 is 5.41 Å². The fourth-order valence-corrected chi connectivity index (χ4v) is 4.99. The van der Waals surface area contributed by atoms with Crippen LogP contribution in [0.4, 0.5) is 5.69 Å². The lowest BCUT2D eigenvalue weighted by Crippen LogP contribution is -2.50. The number of benzene rings is 2. The van der Waals surface area contributed by atoms with Crippen LogP contribution in [-0.2, 0) is 9.53 Å². The summed E-state index contributed by atoms with van der Waals surface area (Å²) < 4.78 is 6.11. The Hall–Kier alpha value is -3.57. The highest BCUT2D eigenvalue weighted by Crippen LogP contribution is 2.57. The second kappa shape index (κ2) is 8.66. The predicted molar refractivity (Wildman–Crippen MR) is 118 cm³/mol. The molecule has 5 nitrogen and oxygen atoms in total. The van der Waals surface area contributed by atoms with Gasteiger partial charge in [0, 0.05) is 24.9 Å². The van der Waals surface area contributed by atoms with Crippen molar-refractivity contribution >= 4 is 11.6 Å². The summed E-state index contributed by atoms with van der Waals surface area (Å²) in [6.07, 6.45) is 2.26. The molecule has 31 heavy (non-hydrogen) atoms. The van der Waals surface area contributed by atoms with Crippen molar-refractivity contribution in [2.24, 2.45) is 5.41 Å². The molecule has 0 saturated carbocycles. The molecule has 1 atom stereocenters. The molecule has 0 N–H and O–H groups in total. The summed E-state index contributed by atoms with van der Waals surface area (Å²) in [7, 11) is 0. The minimum atomic E-state index is -0.629. The summed E-state index contributed by atoms with van der Waals surface area (Å²) >= 11 is 0. The lowest BCUT2D eigenvalue weighted by atomic mass is 9.65. The van der Waals surface area contributed by atoms with E-state index >= 15 is 0 Å². The van der Waals surface area contributed by atoms with Crippen molar-refractivity contribution in [3.05, 3.63) is 77.1 Å². The van der Waals surface area contributed by atoms with Gasteiger partial charge in [-0.05, 0) is 37.5 Å². The maximum atomic E-state index is 13.8. The van der Waals surface area contributed by atoms with Gasteiger partial charge in [-0.3, -0.25) is 4.79 Å². The molecule has 156 valence electrons. The van der Waals surface area contributed by atoms with E-state index in [0.717, 1.165) is 16.8 Å². The van der Waals surface area contributed by atoms with Crippen molar-refractivity contribution in [3.8, 4) is 12.1 Å². The number of amides is 1. The van der Waals surface area contributed by atoms with Crippen LogP contribution in [0.3, 0.4) is 0 Å². The van der Waals surface area contributed by atoms with Gasteiger partial charge in [-0.2, -0.15) is 10.5 Å². The lowest BCUT2D eigenvalue weighted by Gasteiger charge is -2.49. The first-order valence-electron chi connectivity index (χ1n) is 10.7. The Morgan fingerprint density at radius 3 is 2.29 bits per heavy atom. The number of rotatable bonds is 6. The van der Waals surface area contributed by atoms with Crippen molar-refractivity contribution in [1.82, 2.24) is 0 Å². The molecular weight excluding hydrogens is 386 g/mol. The maximum Gasteiger partial charge on any atom is 0.258 e. The van der Waals surface area contributed by atoms with Crippen LogP contribution in [0.1, 0.15) is 49.3 Å². The van der Waals surface area contributed by atoms with E-state index in [0.29, 0.717) is 50.0 Å². The Balaban J connectivity index is 1.99. The molecule has 0 radical (unpaired) electrons. The fraction of sp³-hybridized carbons (Fsp3) is 0.346. The normalized spacial score (nSPS) is 19.4. The molecule has 0 bridgehead atoms. The number of nitriles is 2. The van der Waals surface area contributed by atoms with E-state index in [1.165, 1.54) is 0 Å². The van der Waals surface area contributed by atoms with Gasteiger partial charge >= 0.3 is 0 Å². The van der Waals surface area contributed by atoms with Crippen molar-refractivity contribution in [1.29, 1.82) is 10.5 Å². The maximum absolute atomic E-state index is 13.8. The molecule has 2 aliphatic heterocycles. The minimum Gasteiger partial charge on any atom is -0.496 e. The molecule has 4 rings (SSSR count). The van der Waals surface area contributed by atoms with Crippen molar-refractivity contribution in [3.63, 3.8) is 0 Å². The molecule has 0 saturated heterocycles. The van der Waals surface area contributed by atoms with E-state index in [9.17, 15) is 15.3 Å². The molecule has 2 heterocycles. The fourth-order valence-electron chi connectivity index (χ4n) is 4.99. The molecule has 2 aliphatic rings. The molecule has 0 unspecified atom stereocenters. The number of anilines is 1. The van der Waals surface area contributed by atoms with Crippen LogP contribution in [0.25, 0.3) is 0 Å². The average Bonchev–Trinajstić information content (AvgIpc) is 3.30. The zero-order chi connectivity index (χ0) is 21.8. The van der Waals surface area contributed by atoms with E-state index in [2.05, 4.69) is 24.3 Å². The van der Waals surface area contributed by atoms with Gasteiger partial charge in [-0.15, -0.1) is 0 Å². The first-order valence-corrected chi connectivity index (χ1v) is 10.7. The zero-order valence-corrected chi connectivity index (χ0v) is 17.7. The Labute approximate surface area is 183 Å². The highest BCUT2D eigenvalue weighted by Gasteiger charge is 2.55. The van der Waals surface area contributed by atoms with Crippen LogP contribution in [0.2, 0.25) is 0 Å². The third kappa shape index (κ3) is 3.57. The summed E-state index contributed by atoms with van der Waals surface area (Å²) in [6.45, 7) is 2.49. The number of carbonyl (C=O) groups is 1. The second-order valence-corrected chi connectivity index (χ2v) is 8.20. The summed E-state index contributed by atoms with van der Waals surface area (Å²) in [5.74, 6) is 0.648. The van der Waals surface area contributed by atoms with Crippen molar-refractivity contribution < 1.29 is 9.53 Å². The standard InChI is InChI=1S/C26H25N3O2/c1-19-9-11-20(12-10-19)23-26(14-5-16-27,15-6-17-28)24-22(13-18-31-24)25(30)29(23)21-7-3-2-4-8-21/h2-4,7-12,23H,5-6,13-15,18H2,1H3/t23-/m0/s1. The summed E-state index contributed by atoms with van der Waals surface area (Å²) in [5.41, 5.74) is 2.99. The van der Waals surface area contributed by atoms with E-state index in [-0.39, 0.29) is 11.9 Å². The monoisotopic (exact) mass is 411 g/mol. The minimum absolute atomic E-state index is 0.0474. The summed E-state index contributed by atoms with van der Waals surface area (Å²) in [4.78, 5) is 15.6. The topological polar surface area (TPSA) is 77.1 Å². The Morgan fingerprint density at radius 1 is 1.03 bits per heavy atom. The van der Waals surface area contributed by atoms with Crippen molar-refractivity contribution in [2.75, 3.05) is 11.5 Å². The van der Waals surface area contributed by atoms with Gasteiger partial charge in [0.2, 0.25) is 0 Å². The smallest absolute Gasteiger partial charge is 0.258 e. The summed E-state index contributed by atoms with van der Waals surface area (Å²) in [5, 5.41) is 18.9. The van der Waals surface area contributed by atoms with Crippen LogP contribution in [0.5, 0.6) is 0 Å². The van der Waals surface area contributed by atoms with Gasteiger partial charge in [-0.25, -0.2) is 0 Å². The van der Waals surface area contributed by atoms with Gasteiger partial charge < -0.3 is 9.64 Å². The van der Waals surface area contributed by atoms with Crippen molar-refractivity contribution in [2.45, 2.75) is 45.1 Å². The third-order valence-electron chi connectivity index (χ3n) is 6.38. The Morgan fingerprint density at radius 2 is 1.68 bits per heavy atom. The SMILES string of the molecule is Cc1ccc([C@@H]2N(c3ccccc3)C(=O)C3=C(OCC3)C2(CCC#N)CCC#N)cc1. The molecule has 0 aromatic heterocycles. The first kappa shape index (κ1) is 20.7. The molecular formula is C26H25N3O2. The average molecular weight is 412 g/mol. The molecule has 1 amide bonds. The van der Waals surface area contributed by atoms with Gasteiger partial charge in [0.1, 0.15) is 5.76 Å². The van der Waals surface area contributed by atoms with Crippen LogP contribution in [-0.4, -0.2) is 12.5 Å². The largest absolute Gasteiger partial charge is 0.496 e.